The fourth-order valence-electron chi connectivity index (χ4n) is 4.04. The number of hydrogen-bond donors (Lipinski definition) is 1. The number of carbonyl (C=O) groups is 2. The molecule has 3 heterocycles. The number of aromatic nitrogens is 2. The molecule has 0 saturated heterocycles. The highest BCUT2D eigenvalue weighted by atomic mass is 16.3. The highest BCUT2D eigenvalue weighted by Gasteiger charge is 2.41. The van der Waals surface area contributed by atoms with Gasteiger partial charge in [0.15, 0.2) is 0 Å². The zero-order valence-corrected chi connectivity index (χ0v) is 16.9. The number of anilines is 1. The van der Waals surface area contributed by atoms with Gasteiger partial charge in [-0.1, -0.05) is 42.5 Å². The maximum atomic E-state index is 13.3. The fraction of sp³-hybridized carbons (Fsp3) is 0.208. The van der Waals surface area contributed by atoms with Gasteiger partial charge in [0.1, 0.15) is 11.8 Å². The number of nitrogens with one attached hydrogen (secondary N) is 1. The third-order valence-electron chi connectivity index (χ3n) is 5.53. The molecule has 1 N–H and O–H groups in total. The minimum atomic E-state index is -0.630. The van der Waals surface area contributed by atoms with Gasteiger partial charge < -0.3 is 9.73 Å². The summed E-state index contributed by atoms with van der Waals surface area (Å²) in [6.45, 7) is 0.804. The van der Waals surface area contributed by atoms with Crippen molar-refractivity contribution in [2.24, 2.45) is 0 Å². The molecule has 31 heavy (non-hydrogen) atoms. The molecule has 2 aromatic heterocycles. The molecular weight excluding hydrogens is 392 g/mol. The van der Waals surface area contributed by atoms with E-state index in [9.17, 15) is 9.59 Å². The summed E-state index contributed by atoms with van der Waals surface area (Å²) < 4.78 is 7.31. The number of hydrogen-bond acceptors (Lipinski definition) is 4. The molecular formula is C24H22N4O3. The summed E-state index contributed by atoms with van der Waals surface area (Å²) in [5.41, 5.74) is 2.80. The minimum Gasteiger partial charge on any atom is -0.467 e. The monoisotopic (exact) mass is 414 g/mol. The second-order valence-electron chi connectivity index (χ2n) is 7.58. The molecule has 5 rings (SSSR count). The lowest BCUT2D eigenvalue weighted by Gasteiger charge is -2.15. The maximum absolute atomic E-state index is 13.3. The van der Waals surface area contributed by atoms with E-state index in [1.807, 2.05) is 65.2 Å². The Morgan fingerprint density at radius 3 is 2.65 bits per heavy atom. The van der Waals surface area contributed by atoms with Crippen molar-refractivity contribution >= 4 is 28.8 Å². The quantitative estimate of drug-likeness (QED) is 0.502. The number of fused-ring (bicyclic) bond motifs is 3. The number of imidazole rings is 1. The van der Waals surface area contributed by atoms with Crippen LogP contribution >= 0.6 is 0 Å². The molecule has 0 radical (unpaired) electrons. The first kappa shape index (κ1) is 19.1. The van der Waals surface area contributed by atoms with E-state index in [4.69, 9.17) is 4.42 Å². The molecule has 7 nitrogen and oxygen atoms in total. The van der Waals surface area contributed by atoms with Gasteiger partial charge in [0.25, 0.3) is 5.91 Å². The Morgan fingerprint density at radius 1 is 1.03 bits per heavy atom. The van der Waals surface area contributed by atoms with Crippen molar-refractivity contribution in [1.29, 1.82) is 0 Å². The molecule has 1 atom stereocenters. The summed E-state index contributed by atoms with van der Waals surface area (Å²) in [5.74, 6) is 0.908. The van der Waals surface area contributed by atoms with Gasteiger partial charge in [-0.15, -0.1) is 0 Å². The number of benzene rings is 2. The first-order valence-electron chi connectivity index (χ1n) is 10.3. The van der Waals surface area contributed by atoms with Gasteiger partial charge in [-0.2, -0.15) is 0 Å². The van der Waals surface area contributed by atoms with Crippen molar-refractivity contribution in [3.05, 3.63) is 84.3 Å². The Morgan fingerprint density at radius 2 is 1.84 bits per heavy atom. The second-order valence-corrected chi connectivity index (χ2v) is 7.58. The summed E-state index contributed by atoms with van der Waals surface area (Å²) in [6, 6.07) is 20.6. The van der Waals surface area contributed by atoms with Crippen LogP contribution in [-0.2, 0) is 22.6 Å². The first-order valence-corrected chi connectivity index (χ1v) is 10.3. The van der Waals surface area contributed by atoms with Crippen molar-refractivity contribution in [2.45, 2.75) is 25.4 Å². The van der Waals surface area contributed by atoms with Crippen LogP contribution in [0.5, 0.6) is 0 Å². The Labute approximate surface area is 179 Å². The van der Waals surface area contributed by atoms with Gasteiger partial charge in [-0.05, 0) is 36.2 Å². The third kappa shape index (κ3) is 3.70. The van der Waals surface area contributed by atoms with E-state index < -0.39 is 6.04 Å². The maximum Gasteiger partial charge on any atom is 0.253 e. The smallest absolute Gasteiger partial charge is 0.253 e. The van der Waals surface area contributed by atoms with Crippen LogP contribution in [-0.4, -0.2) is 27.9 Å². The molecule has 4 aromatic rings. The van der Waals surface area contributed by atoms with Crippen LogP contribution in [0.1, 0.15) is 23.8 Å². The van der Waals surface area contributed by atoms with Gasteiger partial charge in [0.05, 0.1) is 30.3 Å². The molecule has 1 unspecified atom stereocenters. The van der Waals surface area contributed by atoms with Crippen LogP contribution in [0.4, 0.5) is 5.95 Å². The van der Waals surface area contributed by atoms with Crippen molar-refractivity contribution in [3.8, 4) is 0 Å². The Bertz CT molecular complexity index is 1210. The fourth-order valence-corrected chi connectivity index (χ4v) is 4.04. The number of furan rings is 1. The summed E-state index contributed by atoms with van der Waals surface area (Å²) in [7, 11) is 0. The number of amides is 2. The van der Waals surface area contributed by atoms with Crippen molar-refractivity contribution in [1.82, 2.24) is 14.9 Å². The van der Waals surface area contributed by atoms with E-state index in [1.165, 1.54) is 0 Å². The highest BCUT2D eigenvalue weighted by molar-refractivity contribution is 6.03. The topological polar surface area (TPSA) is 80.4 Å². The number of nitrogens with zero attached hydrogens (tertiary/aromatic N) is 3. The highest BCUT2D eigenvalue weighted by Crippen LogP contribution is 2.37. The van der Waals surface area contributed by atoms with Crippen LogP contribution in [0.15, 0.2) is 77.4 Å². The number of rotatable bonds is 7. The largest absolute Gasteiger partial charge is 0.467 e. The van der Waals surface area contributed by atoms with Crippen molar-refractivity contribution < 1.29 is 14.0 Å². The van der Waals surface area contributed by atoms with Crippen LogP contribution in [0.3, 0.4) is 0 Å². The minimum absolute atomic E-state index is 0.0651. The summed E-state index contributed by atoms with van der Waals surface area (Å²) in [6.07, 6.45) is 2.39. The Hall–Kier alpha value is -3.87. The standard InChI is InChI=1S/C24H22N4O3/c29-22(25-13-12-17-7-2-1-3-8-17)15-21-23(30)27(16-18-9-6-14-31-18)24-26-19-10-4-5-11-20(19)28(21)24/h1-11,14,21H,12-13,15-16H2,(H,25,29). The molecule has 2 aromatic carbocycles. The zero-order valence-electron chi connectivity index (χ0n) is 16.9. The zero-order chi connectivity index (χ0) is 21.2. The van der Waals surface area contributed by atoms with E-state index in [1.54, 1.807) is 17.2 Å². The van der Waals surface area contributed by atoms with Crippen molar-refractivity contribution in [2.75, 3.05) is 11.4 Å². The third-order valence-corrected chi connectivity index (χ3v) is 5.53. The lowest BCUT2D eigenvalue weighted by atomic mass is 10.1. The van der Waals surface area contributed by atoms with Crippen LogP contribution in [0.2, 0.25) is 0 Å². The average Bonchev–Trinajstić information content (AvgIpc) is 3.48. The normalized spacial score (nSPS) is 15.4. The molecule has 0 spiro atoms. The van der Waals surface area contributed by atoms with E-state index in [-0.39, 0.29) is 24.8 Å². The van der Waals surface area contributed by atoms with E-state index in [0.717, 1.165) is 23.0 Å². The average molecular weight is 414 g/mol. The van der Waals surface area contributed by atoms with Gasteiger partial charge >= 0.3 is 0 Å². The Balaban J connectivity index is 1.35. The first-order chi connectivity index (χ1) is 15.2. The molecule has 1 aliphatic rings. The second kappa shape index (κ2) is 8.10. The lowest BCUT2D eigenvalue weighted by Crippen LogP contribution is -2.33. The van der Waals surface area contributed by atoms with Crippen LogP contribution < -0.4 is 10.2 Å². The molecule has 1 aliphatic heterocycles. The van der Waals surface area contributed by atoms with E-state index in [0.29, 0.717) is 18.3 Å². The predicted octanol–water partition coefficient (Wildman–Crippen LogP) is 3.47. The lowest BCUT2D eigenvalue weighted by molar-refractivity contribution is -0.127. The van der Waals surface area contributed by atoms with Crippen molar-refractivity contribution in [3.63, 3.8) is 0 Å². The molecule has 0 saturated carbocycles. The van der Waals surface area contributed by atoms with Crippen LogP contribution in [0.25, 0.3) is 11.0 Å². The van der Waals surface area contributed by atoms with Gasteiger partial charge in [0.2, 0.25) is 11.9 Å². The molecule has 0 fully saturated rings. The van der Waals surface area contributed by atoms with Gasteiger partial charge in [-0.3, -0.25) is 19.1 Å². The van der Waals surface area contributed by atoms with Crippen LogP contribution in [0, 0.1) is 0 Å². The molecule has 156 valence electrons. The predicted molar refractivity (Wildman–Crippen MR) is 116 cm³/mol. The molecule has 7 heteroatoms. The summed E-state index contributed by atoms with van der Waals surface area (Å²) in [4.78, 5) is 32.2. The molecule has 0 bridgehead atoms. The SMILES string of the molecule is O=C(CC1C(=O)N(Cc2ccco2)c2nc3ccccc3n21)NCCc1ccccc1. The molecule has 2 amide bonds. The summed E-state index contributed by atoms with van der Waals surface area (Å²) >= 11 is 0. The van der Waals surface area contributed by atoms with E-state index in [2.05, 4.69) is 10.3 Å². The van der Waals surface area contributed by atoms with Gasteiger partial charge in [-0.25, -0.2) is 4.98 Å². The summed E-state index contributed by atoms with van der Waals surface area (Å²) in [5, 5.41) is 2.95. The van der Waals surface area contributed by atoms with E-state index >= 15 is 0 Å². The molecule has 0 aliphatic carbocycles. The Kier molecular flexibility index (Phi) is 5.00. The van der Waals surface area contributed by atoms with Gasteiger partial charge in [0, 0.05) is 6.54 Å². The number of carbonyl (C=O) groups excluding carboxylic acids is 2. The number of para-hydroxylation sites is 2.